The monoisotopic (exact) mass is 230 g/mol. The number of hydrogen-bond acceptors (Lipinski definition) is 5. The van der Waals surface area contributed by atoms with E-state index in [1.807, 2.05) is 6.07 Å². The zero-order chi connectivity index (χ0) is 12.1. The van der Waals surface area contributed by atoms with Crippen molar-refractivity contribution < 1.29 is 9.90 Å². The highest BCUT2D eigenvalue weighted by Gasteiger charge is 2.09. The van der Waals surface area contributed by atoms with Crippen LogP contribution in [0.3, 0.4) is 0 Å². The van der Waals surface area contributed by atoms with Gasteiger partial charge in [-0.15, -0.1) is 0 Å². The van der Waals surface area contributed by atoms with Crippen molar-refractivity contribution >= 4 is 11.7 Å². The van der Waals surface area contributed by atoms with Crippen LogP contribution in [0.25, 0.3) is 0 Å². The van der Waals surface area contributed by atoms with E-state index in [9.17, 15) is 4.79 Å². The summed E-state index contributed by atoms with van der Waals surface area (Å²) in [6.07, 6.45) is 4.42. The van der Waals surface area contributed by atoms with E-state index < -0.39 is 5.97 Å². The average Bonchev–Trinajstić information content (AvgIpc) is 2.38. The Balaban J connectivity index is 2.12. The third-order valence-corrected chi connectivity index (χ3v) is 2.14. The number of aromatic nitrogens is 3. The summed E-state index contributed by atoms with van der Waals surface area (Å²) in [5.74, 6) is -1.01. The molecule has 2 heterocycles. The van der Waals surface area contributed by atoms with Crippen molar-refractivity contribution in [1.29, 1.82) is 0 Å². The highest BCUT2D eigenvalue weighted by molar-refractivity contribution is 5.93. The second-order valence-corrected chi connectivity index (χ2v) is 3.29. The first-order valence-electron chi connectivity index (χ1n) is 4.95. The van der Waals surface area contributed by atoms with Gasteiger partial charge in [0.1, 0.15) is 5.56 Å². The van der Waals surface area contributed by atoms with E-state index in [4.69, 9.17) is 5.11 Å². The lowest BCUT2D eigenvalue weighted by atomic mass is 10.2. The topological polar surface area (TPSA) is 88.0 Å². The van der Waals surface area contributed by atoms with Crippen LogP contribution in [0.5, 0.6) is 0 Å². The molecule has 0 atom stereocenters. The summed E-state index contributed by atoms with van der Waals surface area (Å²) in [5, 5.41) is 19.6. The van der Waals surface area contributed by atoms with Gasteiger partial charge < -0.3 is 10.4 Å². The van der Waals surface area contributed by atoms with Gasteiger partial charge in [-0.2, -0.15) is 10.2 Å². The first-order valence-corrected chi connectivity index (χ1v) is 4.95. The SMILES string of the molecule is O=C(O)c1cnccc1NCc1cccnn1. The number of carbonyl (C=O) groups is 1. The fourth-order valence-electron chi connectivity index (χ4n) is 1.33. The van der Waals surface area contributed by atoms with E-state index in [1.54, 1.807) is 18.3 Å². The molecule has 0 saturated heterocycles. The van der Waals surface area contributed by atoms with Crippen LogP contribution in [0.4, 0.5) is 5.69 Å². The molecule has 0 radical (unpaired) electrons. The summed E-state index contributed by atoms with van der Waals surface area (Å²) in [7, 11) is 0. The zero-order valence-corrected chi connectivity index (χ0v) is 8.87. The summed E-state index contributed by atoms with van der Waals surface area (Å²) < 4.78 is 0. The van der Waals surface area contributed by atoms with Crippen molar-refractivity contribution in [3.05, 3.63) is 48.0 Å². The number of rotatable bonds is 4. The highest BCUT2D eigenvalue weighted by Crippen LogP contribution is 2.13. The fourth-order valence-corrected chi connectivity index (χ4v) is 1.33. The largest absolute Gasteiger partial charge is 0.478 e. The van der Waals surface area contributed by atoms with Gasteiger partial charge in [0.15, 0.2) is 0 Å². The Bertz CT molecular complexity index is 516. The molecule has 2 aromatic heterocycles. The molecule has 0 aromatic carbocycles. The minimum atomic E-state index is -1.01. The Hall–Kier alpha value is -2.50. The fraction of sp³-hybridized carbons (Fsp3) is 0.0909. The molecule has 0 spiro atoms. The molecule has 86 valence electrons. The Kier molecular flexibility index (Phi) is 3.25. The van der Waals surface area contributed by atoms with Gasteiger partial charge >= 0.3 is 5.97 Å². The number of anilines is 1. The maximum atomic E-state index is 10.9. The predicted molar refractivity (Wildman–Crippen MR) is 60.6 cm³/mol. The summed E-state index contributed by atoms with van der Waals surface area (Å²) >= 11 is 0. The lowest BCUT2D eigenvalue weighted by Gasteiger charge is -2.07. The van der Waals surface area contributed by atoms with E-state index in [0.717, 1.165) is 5.69 Å². The van der Waals surface area contributed by atoms with Crippen molar-refractivity contribution in [3.8, 4) is 0 Å². The molecular formula is C11H10N4O2. The molecule has 6 heteroatoms. The van der Waals surface area contributed by atoms with Gasteiger partial charge in [-0.05, 0) is 18.2 Å². The average molecular weight is 230 g/mol. The molecule has 2 aromatic rings. The van der Waals surface area contributed by atoms with Gasteiger partial charge in [0, 0.05) is 18.6 Å². The third-order valence-electron chi connectivity index (χ3n) is 2.14. The van der Waals surface area contributed by atoms with Crippen molar-refractivity contribution in [3.63, 3.8) is 0 Å². The normalized spacial score (nSPS) is 9.88. The molecule has 0 amide bonds. The standard InChI is InChI=1S/C11H10N4O2/c16-11(17)9-7-12-5-3-10(9)13-6-8-2-1-4-14-15-8/h1-5,7H,6H2,(H,12,13)(H,16,17). The molecule has 0 bridgehead atoms. The van der Waals surface area contributed by atoms with Crippen LogP contribution in [-0.2, 0) is 6.54 Å². The quantitative estimate of drug-likeness (QED) is 0.820. The Labute approximate surface area is 97.4 Å². The molecule has 0 aliphatic rings. The van der Waals surface area contributed by atoms with Crippen LogP contribution >= 0.6 is 0 Å². The van der Waals surface area contributed by atoms with Crippen molar-refractivity contribution in [2.24, 2.45) is 0 Å². The Morgan fingerprint density at radius 2 is 2.24 bits per heavy atom. The van der Waals surface area contributed by atoms with Crippen LogP contribution in [0, 0.1) is 0 Å². The maximum absolute atomic E-state index is 10.9. The van der Waals surface area contributed by atoms with Gasteiger partial charge in [-0.25, -0.2) is 4.79 Å². The van der Waals surface area contributed by atoms with Crippen LogP contribution < -0.4 is 5.32 Å². The maximum Gasteiger partial charge on any atom is 0.339 e. The molecule has 0 saturated carbocycles. The molecule has 2 N–H and O–H groups in total. The van der Waals surface area contributed by atoms with Crippen LogP contribution in [-0.4, -0.2) is 26.3 Å². The third kappa shape index (κ3) is 2.75. The molecule has 17 heavy (non-hydrogen) atoms. The lowest BCUT2D eigenvalue weighted by Crippen LogP contribution is -2.07. The van der Waals surface area contributed by atoms with E-state index in [-0.39, 0.29) is 5.56 Å². The second-order valence-electron chi connectivity index (χ2n) is 3.29. The molecular weight excluding hydrogens is 220 g/mol. The summed E-state index contributed by atoms with van der Waals surface area (Å²) in [5.41, 5.74) is 1.38. The Morgan fingerprint density at radius 1 is 1.35 bits per heavy atom. The van der Waals surface area contributed by atoms with Crippen LogP contribution in [0.15, 0.2) is 36.8 Å². The predicted octanol–water partition coefficient (Wildman–Crippen LogP) is 1.18. The van der Waals surface area contributed by atoms with E-state index in [1.165, 1.54) is 12.4 Å². The number of carboxylic acids is 1. The first kappa shape index (κ1) is 11.0. The number of carboxylic acid groups (broad SMARTS) is 1. The van der Waals surface area contributed by atoms with Crippen molar-refractivity contribution in [2.45, 2.75) is 6.54 Å². The second kappa shape index (κ2) is 5.02. The summed E-state index contributed by atoms with van der Waals surface area (Å²) in [6.45, 7) is 0.415. The minimum Gasteiger partial charge on any atom is -0.478 e. The van der Waals surface area contributed by atoms with Gasteiger partial charge in [0.2, 0.25) is 0 Å². The van der Waals surface area contributed by atoms with Crippen LogP contribution in [0.1, 0.15) is 16.1 Å². The number of nitrogens with one attached hydrogen (secondary N) is 1. The first-order chi connectivity index (χ1) is 8.27. The van der Waals surface area contributed by atoms with E-state index in [0.29, 0.717) is 12.2 Å². The smallest absolute Gasteiger partial charge is 0.339 e. The highest BCUT2D eigenvalue weighted by atomic mass is 16.4. The number of hydrogen-bond donors (Lipinski definition) is 2. The van der Waals surface area contributed by atoms with Gasteiger partial charge in [-0.3, -0.25) is 4.98 Å². The molecule has 0 aliphatic carbocycles. The van der Waals surface area contributed by atoms with E-state index in [2.05, 4.69) is 20.5 Å². The van der Waals surface area contributed by atoms with Crippen LogP contribution in [0.2, 0.25) is 0 Å². The van der Waals surface area contributed by atoms with E-state index >= 15 is 0 Å². The van der Waals surface area contributed by atoms with Gasteiger partial charge in [-0.1, -0.05) is 0 Å². The van der Waals surface area contributed by atoms with Crippen molar-refractivity contribution in [2.75, 3.05) is 5.32 Å². The molecule has 2 rings (SSSR count). The number of aromatic carboxylic acids is 1. The lowest BCUT2D eigenvalue weighted by molar-refractivity contribution is 0.0697. The zero-order valence-electron chi connectivity index (χ0n) is 8.87. The summed E-state index contributed by atoms with van der Waals surface area (Å²) in [6, 6.07) is 5.19. The van der Waals surface area contributed by atoms with Gasteiger partial charge in [0.25, 0.3) is 0 Å². The molecule has 0 fully saturated rings. The molecule has 0 aliphatic heterocycles. The molecule has 6 nitrogen and oxygen atoms in total. The Morgan fingerprint density at radius 3 is 2.94 bits per heavy atom. The van der Waals surface area contributed by atoms with Crippen molar-refractivity contribution in [1.82, 2.24) is 15.2 Å². The summed E-state index contributed by atoms with van der Waals surface area (Å²) in [4.78, 5) is 14.7. The molecule has 0 unspecified atom stereocenters. The van der Waals surface area contributed by atoms with Gasteiger partial charge in [0.05, 0.1) is 17.9 Å². The number of pyridine rings is 1. The number of nitrogens with zero attached hydrogens (tertiary/aromatic N) is 3. The minimum absolute atomic E-state index is 0.136.